The minimum Gasteiger partial charge on any atom is -0.478 e. The van der Waals surface area contributed by atoms with E-state index >= 15 is 0 Å². The van der Waals surface area contributed by atoms with Crippen LogP contribution in [0.5, 0.6) is 0 Å². The summed E-state index contributed by atoms with van der Waals surface area (Å²) >= 11 is 0. The first-order valence-corrected chi connectivity index (χ1v) is 6.32. The van der Waals surface area contributed by atoms with Crippen LogP contribution < -0.4 is 4.90 Å². The maximum Gasteiger partial charge on any atom is 0.339 e. The van der Waals surface area contributed by atoms with Gasteiger partial charge in [0.2, 0.25) is 0 Å². The van der Waals surface area contributed by atoms with Gasteiger partial charge in [-0.05, 0) is 32.3 Å². The molecule has 1 aliphatic rings. The molecule has 1 fully saturated rings. The zero-order chi connectivity index (χ0) is 13.3. The number of carboxylic acids is 1. The minimum atomic E-state index is -0.926. The highest BCUT2D eigenvalue weighted by atomic mass is 16.4. The lowest BCUT2D eigenvalue weighted by Gasteiger charge is -2.26. The van der Waals surface area contributed by atoms with Gasteiger partial charge in [-0.25, -0.2) is 4.79 Å². The lowest BCUT2D eigenvalue weighted by molar-refractivity contribution is 0.0696. The molecule has 2 rings (SSSR count). The highest BCUT2D eigenvalue weighted by Crippen LogP contribution is 2.29. The zero-order valence-corrected chi connectivity index (χ0v) is 11.1. The number of carbonyl (C=O) groups is 1. The Hall–Kier alpha value is -1.65. The summed E-state index contributed by atoms with van der Waals surface area (Å²) in [7, 11) is 1.92. The van der Waals surface area contributed by atoms with Crippen LogP contribution in [0.3, 0.4) is 0 Å². The largest absolute Gasteiger partial charge is 0.478 e. The van der Waals surface area contributed by atoms with Crippen LogP contribution >= 0.6 is 0 Å². The molecule has 1 aromatic rings. The molecule has 0 saturated heterocycles. The molecular formula is C13H19N3O2. The molecular weight excluding hydrogens is 230 g/mol. The summed E-state index contributed by atoms with van der Waals surface area (Å²) in [6, 6.07) is 0.388. The molecule has 0 spiro atoms. The number of hydrogen-bond donors (Lipinski definition) is 1. The molecule has 1 saturated carbocycles. The van der Waals surface area contributed by atoms with Gasteiger partial charge in [0.25, 0.3) is 0 Å². The van der Waals surface area contributed by atoms with Crippen molar-refractivity contribution in [3.05, 3.63) is 16.8 Å². The Kier molecular flexibility index (Phi) is 3.50. The Bertz CT molecular complexity index is 468. The summed E-state index contributed by atoms with van der Waals surface area (Å²) in [5.74, 6) is -0.428. The molecule has 0 unspecified atom stereocenters. The molecule has 1 aliphatic carbocycles. The molecule has 5 heteroatoms. The first-order chi connectivity index (χ1) is 8.52. The van der Waals surface area contributed by atoms with Crippen molar-refractivity contribution in [1.29, 1.82) is 0 Å². The normalized spacial score (nSPS) is 15.9. The third-order valence-electron chi connectivity index (χ3n) is 3.86. The fourth-order valence-corrected chi connectivity index (χ4v) is 2.56. The van der Waals surface area contributed by atoms with Gasteiger partial charge in [-0.2, -0.15) is 5.10 Å². The van der Waals surface area contributed by atoms with Crippen LogP contribution in [0.15, 0.2) is 0 Å². The number of aryl methyl sites for hydroxylation is 1. The van der Waals surface area contributed by atoms with Gasteiger partial charge in [0, 0.05) is 13.1 Å². The molecule has 0 radical (unpaired) electrons. The summed E-state index contributed by atoms with van der Waals surface area (Å²) < 4.78 is 0. The summed E-state index contributed by atoms with van der Waals surface area (Å²) in [6.45, 7) is 3.58. The summed E-state index contributed by atoms with van der Waals surface area (Å²) in [4.78, 5) is 13.4. The van der Waals surface area contributed by atoms with E-state index in [1.807, 2.05) is 11.9 Å². The summed E-state index contributed by atoms with van der Waals surface area (Å²) in [5.41, 5.74) is 1.67. The van der Waals surface area contributed by atoms with Crippen molar-refractivity contribution in [2.24, 2.45) is 0 Å². The average Bonchev–Trinajstić information content (AvgIpc) is 2.84. The van der Waals surface area contributed by atoms with Crippen molar-refractivity contribution in [1.82, 2.24) is 10.2 Å². The van der Waals surface area contributed by atoms with Gasteiger partial charge < -0.3 is 10.0 Å². The highest BCUT2D eigenvalue weighted by molar-refractivity contribution is 5.95. The number of hydrogen-bond acceptors (Lipinski definition) is 4. The quantitative estimate of drug-likeness (QED) is 0.889. The summed E-state index contributed by atoms with van der Waals surface area (Å²) in [6.07, 6.45) is 4.61. The maximum atomic E-state index is 11.4. The second kappa shape index (κ2) is 4.92. The van der Waals surface area contributed by atoms with E-state index < -0.39 is 5.97 Å². The molecule has 0 bridgehead atoms. The van der Waals surface area contributed by atoms with E-state index in [1.54, 1.807) is 13.8 Å². The van der Waals surface area contributed by atoms with Gasteiger partial charge in [0.1, 0.15) is 5.56 Å². The third-order valence-corrected chi connectivity index (χ3v) is 3.86. The van der Waals surface area contributed by atoms with Crippen LogP contribution in [0.1, 0.15) is 47.3 Å². The van der Waals surface area contributed by atoms with Gasteiger partial charge in [-0.1, -0.05) is 12.8 Å². The molecule has 5 nitrogen and oxygen atoms in total. The topological polar surface area (TPSA) is 66.3 Å². The van der Waals surface area contributed by atoms with Crippen LogP contribution in [0.25, 0.3) is 0 Å². The number of nitrogens with zero attached hydrogens (tertiary/aromatic N) is 3. The van der Waals surface area contributed by atoms with E-state index in [4.69, 9.17) is 0 Å². The SMILES string of the molecule is Cc1nnc(N(C)C2CCCC2)c(C(=O)O)c1C. The van der Waals surface area contributed by atoms with Crippen LogP contribution in [-0.2, 0) is 0 Å². The smallest absolute Gasteiger partial charge is 0.339 e. The Morgan fingerprint density at radius 1 is 1.28 bits per heavy atom. The molecule has 1 N–H and O–H groups in total. The van der Waals surface area contributed by atoms with Crippen molar-refractivity contribution in [2.45, 2.75) is 45.6 Å². The molecule has 18 heavy (non-hydrogen) atoms. The Morgan fingerprint density at radius 3 is 2.44 bits per heavy atom. The van der Waals surface area contributed by atoms with Crippen molar-refractivity contribution >= 4 is 11.8 Å². The van der Waals surface area contributed by atoms with Crippen molar-refractivity contribution in [3.8, 4) is 0 Å². The predicted molar refractivity (Wildman–Crippen MR) is 69.1 cm³/mol. The number of aromatic nitrogens is 2. The van der Waals surface area contributed by atoms with E-state index in [0.717, 1.165) is 12.8 Å². The fourth-order valence-electron chi connectivity index (χ4n) is 2.56. The molecule has 0 aromatic carbocycles. The Balaban J connectivity index is 2.43. The average molecular weight is 249 g/mol. The van der Waals surface area contributed by atoms with E-state index in [-0.39, 0.29) is 5.56 Å². The lowest BCUT2D eigenvalue weighted by Crippen LogP contribution is -2.32. The van der Waals surface area contributed by atoms with Gasteiger partial charge >= 0.3 is 5.97 Å². The molecule has 0 amide bonds. The number of aromatic carboxylic acids is 1. The first-order valence-electron chi connectivity index (χ1n) is 6.32. The fraction of sp³-hybridized carbons (Fsp3) is 0.615. The van der Waals surface area contributed by atoms with E-state index in [0.29, 0.717) is 23.1 Å². The van der Waals surface area contributed by atoms with Crippen molar-refractivity contribution in [3.63, 3.8) is 0 Å². The second-order valence-electron chi connectivity index (χ2n) is 4.96. The molecule has 98 valence electrons. The predicted octanol–water partition coefficient (Wildman–Crippen LogP) is 2.17. The Morgan fingerprint density at radius 2 is 1.89 bits per heavy atom. The van der Waals surface area contributed by atoms with Gasteiger partial charge in [0.15, 0.2) is 5.82 Å². The molecule has 1 heterocycles. The lowest BCUT2D eigenvalue weighted by atomic mass is 10.1. The molecule has 0 atom stereocenters. The van der Waals surface area contributed by atoms with E-state index in [2.05, 4.69) is 10.2 Å². The second-order valence-corrected chi connectivity index (χ2v) is 4.96. The van der Waals surface area contributed by atoms with Crippen molar-refractivity contribution in [2.75, 3.05) is 11.9 Å². The maximum absolute atomic E-state index is 11.4. The highest BCUT2D eigenvalue weighted by Gasteiger charge is 2.26. The van der Waals surface area contributed by atoms with E-state index in [1.165, 1.54) is 12.8 Å². The standard InChI is InChI=1S/C13H19N3O2/c1-8-9(2)14-15-12(11(8)13(17)18)16(3)10-6-4-5-7-10/h10H,4-7H2,1-3H3,(H,17,18). The van der Waals surface area contributed by atoms with Crippen LogP contribution in [0, 0.1) is 13.8 Å². The number of carboxylic acid groups (broad SMARTS) is 1. The number of rotatable bonds is 3. The molecule has 0 aliphatic heterocycles. The van der Waals surface area contributed by atoms with Gasteiger partial charge in [-0.3, -0.25) is 0 Å². The van der Waals surface area contributed by atoms with E-state index in [9.17, 15) is 9.90 Å². The Labute approximate surface area is 107 Å². The minimum absolute atomic E-state index is 0.289. The molecule has 1 aromatic heterocycles. The van der Waals surface area contributed by atoms with Gasteiger partial charge in [0.05, 0.1) is 5.69 Å². The summed E-state index contributed by atoms with van der Waals surface area (Å²) in [5, 5.41) is 17.5. The number of anilines is 1. The van der Waals surface area contributed by atoms with Crippen LogP contribution in [-0.4, -0.2) is 34.4 Å². The van der Waals surface area contributed by atoms with Crippen molar-refractivity contribution < 1.29 is 9.90 Å². The van der Waals surface area contributed by atoms with Crippen LogP contribution in [0.2, 0.25) is 0 Å². The van der Waals surface area contributed by atoms with Gasteiger partial charge in [-0.15, -0.1) is 5.10 Å². The van der Waals surface area contributed by atoms with Crippen LogP contribution in [0.4, 0.5) is 5.82 Å². The monoisotopic (exact) mass is 249 g/mol. The first kappa shape index (κ1) is 12.8. The zero-order valence-electron chi connectivity index (χ0n) is 11.1. The third kappa shape index (κ3) is 2.17.